The summed E-state index contributed by atoms with van der Waals surface area (Å²) in [5.41, 5.74) is 2.15. The molecule has 1 atom stereocenters. The van der Waals surface area contributed by atoms with Gasteiger partial charge in [-0.3, -0.25) is 9.69 Å². The molecular formula is C21H23N3O. The number of nitrogens with zero attached hydrogens (tertiary/aromatic N) is 2. The first kappa shape index (κ1) is 15.9. The van der Waals surface area contributed by atoms with E-state index in [1.165, 1.54) is 11.1 Å². The van der Waals surface area contributed by atoms with E-state index < -0.39 is 0 Å². The smallest absolute Gasteiger partial charge is 0.238 e. The Kier molecular flexibility index (Phi) is 4.28. The maximum atomic E-state index is 12.5. The number of hydrogen-bond donors (Lipinski definition) is 1. The maximum absolute atomic E-state index is 12.5. The van der Waals surface area contributed by atoms with Crippen LogP contribution in [0.1, 0.15) is 24.6 Å². The summed E-state index contributed by atoms with van der Waals surface area (Å²) >= 11 is 0. The summed E-state index contributed by atoms with van der Waals surface area (Å²) in [6.07, 6.45) is 4.32. The minimum Gasteiger partial charge on any atom is -0.353 e. The van der Waals surface area contributed by atoms with Gasteiger partial charge in [0.1, 0.15) is 0 Å². The minimum atomic E-state index is 0.0522. The fraction of sp³-hybridized carbons (Fsp3) is 0.286. The number of carbonyl (C=O) groups is 1. The van der Waals surface area contributed by atoms with Gasteiger partial charge in [-0.1, -0.05) is 30.3 Å². The Labute approximate surface area is 148 Å². The number of amides is 1. The summed E-state index contributed by atoms with van der Waals surface area (Å²) in [5.74, 6) is 0.0522. The lowest BCUT2D eigenvalue weighted by Crippen LogP contribution is -2.33. The minimum absolute atomic E-state index is 0.0522. The van der Waals surface area contributed by atoms with Gasteiger partial charge in [0.15, 0.2) is 0 Å². The zero-order chi connectivity index (χ0) is 17.2. The largest absolute Gasteiger partial charge is 0.353 e. The second-order valence-corrected chi connectivity index (χ2v) is 6.78. The van der Waals surface area contributed by atoms with Crippen molar-refractivity contribution in [1.29, 1.82) is 0 Å². The van der Waals surface area contributed by atoms with E-state index in [2.05, 4.69) is 52.3 Å². The molecule has 1 N–H and O–H groups in total. The second-order valence-electron chi connectivity index (χ2n) is 6.78. The van der Waals surface area contributed by atoms with Crippen LogP contribution in [-0.2, 0) is 11.8 Å². The van der Waals surface area contributed by atoms with Gasteiger partial charge in [0, 0.05) is 24.6 Å². The lowest BCUT2D eigenvalue weighted by molar-refractivity contribution is -0.117. The van der Waals surface area contributed by atoms with E-state index in [9.17, 15) is 4.79 Å². The van der Waals surface area contributed by atoms with Crippen molar-refractivity contribution >= 4 is 22.4 Å². The molecule has 4 nitrogen and oxygen atoms in total. The molecule has 1 aliphatic heterocycles. The van der Waals surface area contributed by atoms with E-state index in [4.69, 9.17) is 0 Å². The molecule has 0 aliphatic carbocycles. The van der Waals surface area contributed by atoms with Gasteiger partial charge >= 0.3 is 0 Å². The lowest BCUT2D eigenvalue weighted by Gasteiger charge is -2.24. The van der Waals surface area contributed by atoms with Crippen molar-refractivity contribution in [2.45, 2.75) is 18.9 Å². The monoisotopic (exact) mass is 333 g/mol. The average molecular weight is 333 g/mol. The predicted octanol–water partition coefficient (Wildman–Crippen LogP) is 3.95. The molecule has 128 valence electrons. The van der Waals surface area contributed by atoms with Crippen LogP contribution in [0.15, 0.2) is 60.8 Å². The first-order chi connectivity index (χ1) is 12.2. The molecule has 4 heteroatoms. The molecule has 1 fully saturated rings. The van der Waals surface area contributed by atoms with Crippen molar-refractivity contribution in [2.24, 2.45) is 7.05 Å². The highest BCUT2D eigenvalue weighted by Gasteiger charge is 2.28. The van der Waals surface area contributed by atoms with Crippen LogP contribution >= 0.6 is 0 Å². The van der Waals surface area contributed by atoms with Gasteiger partial charge in [-0.25, -0.2) is 0 Å². The number of benzene rings is 2. The lowest BCUT2D eigenvalue weighted by atomic mass is 10.1. The molecule has 0 bridgehead atoms. The summed E-state index contributed by atoms with van der Waals surface area (Å²) in [6.45, 7) is 1.41. The highest BCUT2D eigenvalue weighted by molar-refractivity contribution is 5.95. The van der Waals surface area contributed by atoms with E-state index in [0.717, 1.165) is 30.5 Å². The van der Waals surface area contributed by atoms with Gasteiger partial charge in [-0.15, -0.1) is 0 Å². The molecule has 2 heterocycles. The van der Waals surface area contributed by atoms with Crippen molar-refractivity contribution in [1.82, 2.24) is 9.47 Å². The van der Waals surface area contributed by atoms with E-state index in [0.29, 0.717) is 12.6 Å². The highest BCUT2D eigenvalue weighted by atomic mass is 16.2. The Morgan fingerprint density at radius 1 is 1.12 bits per heavy atom. The molecule has 4 rings (SSSR count). The Hall–Kier alpha value is -2.59. The summed E-state index contributed by atoms with van der Waals surface area (Å²) < 4.78 is 2.16. The van der Waals surface area contributed by atoms with Crippen LogP contribution in [0.3, 0.4) is 0 Å². The Morgan fingerprint density at radius 2 is 1.96 bits per heavy atom. The second kappa shape index (κ2) is 6.73. The van der Waals surface area contributed by atoms with Crippen LogP contribution < -0.4 is 5.32 Å². The summed E-state index contributed by atoms with van der Waals surface area (Å²) in [5, 5.41) is 5.38. The van der Waals surface area contributed by atoms with Crippen molar-refractivity contribution < 1.29 is 4.79 Å². The molecule has 0 unspecified atom stereocenters. The molecule has 0 spiro atoms. The third-order valence-corrected chi connectivity index (χ3v) is 5.07. The fourth-order valence-corrected chi connectivity index (χ4v) is 3.82. The molecular weight excluding hydrogens is 310 g/mol. The van der Waals surface area contributed by atoms with Crippen LogP contribution in [0.2, 0.25) is 0 Å². The Balaban J connectivity index is 1.45. The highest BCUT2D eigenvalue weighted by Crippen LogP contribution is 2.31. The number of rotatable bonds is 4. The number of hydrogen-bond acceptors (Lipinski definition) is 2. The molecule has 3 aromatic rings. The van der Waals surface area contributed by atoms with Crippen LogP contribution in [0.25, 0.3) is 10.8 Å². The molecule has 1 amide bonds. The molecule has 25 heavy (non-hydrogen) atoms. The molecule has 0 radical (unpaired) electrons. The normalized spacial score (nSPS) is 17.9. The van der Waals surface area contributed by atoms with Crippen molar-refractivity contribution in [2.75, 3.05) is 18.4 Å². The third kappa shape index (κ3) is 3.30. The fourth-order valence-electron chi connectivity index (χ4n) is 3.82. The third-order valence-electron chi connectivity index (χ3n) is 5.07. The van der Waals surface area contributed by atoms with E-state index >= 15 is 0 Å². The van der Waals surface area contributed by atoms with Crippen LogP contribution in [-0.4, -0.2) is 28.5 Å². The van der Waals surface area contributed by atoms with Crippen molar-refractivity contribution in [3.8, 4) is 0 Å². The predicted molar refractivity (Wildman–Crippen MR) is 102 cm³/mol. The van der Waals surface area contributed by atoms with Gasteiger partial charge in [-0.2, -0.15) is 0 Å². The topological polar surface area (TPSA) is 37.3 Å². The summed E-state index contributed by atoms with van der Waals surface area (Å²) in [4.78, 5) is 14.8. The molecule has 1 saturated heterocycles. The number of aromatic nitrogens is 1. The van der Waals surface area contributed by atoms with Crippen LogP contribution in [0.4, 0.5) is 5.69 Å². The number of likely N-dealkylation sites (tertiary alicyclic amines) is 1. The number of carbonyl (C=O) groups excluding carboxylic acids is 1. The van der Waals surface area contributed by atoms with Gasteiger partial charge < -0.3 is 9.88 Å². The molecule has 0 saturated carbocycles. The SMILES string of the molecule is Cn1cccc1[C@H]1CCCN1CC(=O)Nc1ccc2ccccc2c1. The standard InChI is InChI=1S/C21H23N3O/c1-23-12-4-8-19(23)20-9-5-13-24(20)15-21(25)22-18-11-10-16-6-2-3-7-17(16)14-18/h2-4,6-8,10-12,14,20H,5,9,13,15H2,1H3,(H,22,25)/t20-/m1/s1. The number of aryl methyl sites for hydroxylation is 1. The Bertz CT molecular complexity index is 899. The van der Waals surface area contributed by atoms with Gasteiger partial charge in [0.2, 0.25) is 5.91 Å². The number of fused-ring (bicyclic) bond motifs is 1. The summed E-state index contributed by atoms with van der Waals surface area (Å²) in [7, 11) is 2.07. The average Bonchev–Trinajstić information content (AvgIpc) is 3.23. The van der Waals surface area contributed by atoms with Crippen LogP contribution in [0, 0.1) is 0 Å². The zero-order valence-corrected chi connectivity index (χ0v) is 14.5. The van der Waals surface area contributed by atoms with E-state index in [1.807, 2.05) is 30.3 Å². The Morgan fingerprint density at radius 3 is 2.76 bits per heavy atom. The molecule has 1 aromatic heterocycles. The molecule has 1 aliphatic rings. The van der Waals surface area contributed by atoms with Gasteiger partial charge in [0.25, 0.3) is 0 Å². The molecule has 2 aromatic carbocycles. The number of anilines is 1. The van der Waals surface area contributed by atoms with Crippen molar-refractivity contribution in [3.63, 3.8) is 0 Å². The van der Waals surface area contributed by atoms with Gasteiger partial charge in [-0.05, 0) is 54.4 Å². The first-order valence-electron chi connectivity index (χ1n) is 8.85. The quantitative estimate of drug-likeness (QED) is 0.785. The van der Waals surface area contributed by atoms with E-state index in [-0.39, 0.29) is 5.91 Å². The maximum Gasteiger partial charge on any atom is 0.238 e. The summed E-state index contributed by atoms with van der Waals surface area (Å²) in [6, 6.07) is 18.8. The van der Waals surface area contributed by atoms with Crippen molar-refractivity contribution in [3.05, 3.63) is 66.5 Å². The zero-order valence-electron chi connectivity index (χ0n) is 14.5. The number of nitrogens with one attached hydrogen (secondary N) is 1. The first-order valence-corrected chi connectivity index (χ1v) is 8.85. The van der Waals surface area contributed by atoms with E-state index in [1.54, 1.807) is 0 Å². The van der Waals surface area contributed by atoms with Crippen LogP contribution in [0.5, 0.6) is 0 Å². The van der Waals surface area contributed by atoms with Gasteiger partial charge in [0.05, 0.1) is 12.6 Å².